The van der Waals surface area contributed by atoms with Gasteiger partial charge in [0.05, 0.1) is 10.1 Å². The van der Waals surface area contributed by atoms with Gasteiger partial charge in [-0.05, 0) is 18.2 Å². The molecule has 0 saturated carbocycles. The smallest absolute Gasteiger partial charge is 0.230 e. The molecule has 0 aliphatic carbocycles. The molecular formula is C18H17ClFN3OS2. The molecule has 1 atom stereocenters. The largest absolute Gasteiger partial charge is 0.341 e. The van der Waals surface area contributed by atoms with Gasteiger partial charge in [0, 0.05) is 35.6 Å². The van der Waals surface area contributed by atoms with E-state index in [1.165, 1.54) is 29.2 Å². The minimum absolute atomic E-state index is 0.172. The number of aryl methyl sites for hydroxylation is 1. The lowest BCUT2D eigenvalue weighted by Gasteiger charge is -2.19. The number of thioether (sulfide) groups is 1. The number of rotatable bonds is 7. The van der Waals surface area contributed by atoms with Crippen molar-refractivity contribution in [3.05, 3.63) is 75.2 Å². The van der Waals surface area contributed by atoms with Crippen LogP contribution in [-0.2, 0) is 17.6 Å². The highest BCUT2D eigenvalue weighted by molar-refractivity contribution is 7.99. The van der Waals surface area contributed by atoms with Gasteiger partial charge >= 0.3 is 0 Å². The second kappa shape index (κ2) is 8.70. The molecule has 1 N–H and O–H groups in total. The van der Waals surface area contributed by atoms with E-state index in [1.54, 1.807) is 35.2 Å². The van der Waals surface area contributed by atoms with Crippen LogP contribution in [0.1, 0.15) is 22.3 Å². The van der Waals surface area contributed by atoms with E-state index < -0.39 is 6.04 Å². The number of carbonyl (C=O) groups excluding carboxylic acids is 1. The normalized spacial score (nSPS) is 12.1. The number of benzene rings is 1. The molecule has 2 aromatic heterocycles. The maximum absolute atomic E-state index is 14.3. The highest BCUT2D eigenvalue weighted by Gasteiger charge is 2.23. The molecule has 3 rings (SSSR count). The third-order valence-corrected chi connectivity index (χ3v) is 6.14. The molecule has 8 heteroatoms. The number of aromatic nitrogens is 2. The predicted molar refractivity (Wildman–Crippen MR) is 105 cm³/mol. The van der Waals surface area contributed by atoms with Crippen molar-refractivity contribution >= 4 is 40.6 Å². The van der Waals surface area contributed by atoms with Crippen LogP contribution in [0, 0.1) is 5.82 Å². The molecule has 0 unspecified atom stereocenters. The third kappa shape index (κ3) is 4.66. The minimum atomic E-state index is -0.638. The molecule has 4 nitrogen and oxygen atoms in total. The Morgan fingerprint density at radius 1 is 1.38 bits per heavy atom. The Kier molecular flexibility index (Phi) is 6.34. The van der Waals surface area contributed by atoms with E-state index in [4.69, 9.17) is 11.6 Å². The van der Waals surface area contributed by atoms with Crippen LogP contribution >= 0.6 is 34.7 Å². The quantitative estimate of drug-likeness (QED) is 0.628. The van der Waals surface area contributed by atoms with Crippen LogP contribution in [0.25, 0.3) is 0 Å². The van der Waals surface area contributed by atoms with E-state index in [2.05, 4.69) is 10.3 Å². The van der Waals surface area contributed by atoms with E-state index >= 15 is 0 Å². The van der Waals surface area contributed by atoms with Crippen molar-refractivity contribution in [2.75, 3.05) is 5.75 Å². The fourth-order valence-corrected chi connectivity index (χ4v) is 4.56. The van der Waals surface area contributed by atoms with Crippen LogP contribution in [0.2, 0.25) is 4.34 Å². The molecule has 0 aliphatic heterocycles. The summed E-state index contributed by atoms with van der Waals surface area (Å²) in [5, 5.41) is 2.90. The standard InChI is InChI=1S/C18H17ClFN3OS2/c1-23-9-8-21-18(23)17(13-4-2-3-5-14(13)20)22-16(24)11-25-10-12-6-7-15(19)26-12/h2-9,17H,10-11H2,1H3,(H,22,24)/t17-/m1/s1. The number of hydrogen-bond acceptors (Lipinski definition) is 4. The maximum atomic E-state index is 14.3. The number of hydrogen-bond donors (Lipinski definition) is 1. The highest BCUT2D eigenvalue weighted by atomic mass is 35.5. The van der Waals surface area contributed by atoms with E-state index in [0.717, 1.165) is 9.21 Å². The zero-order valence-corrected chi connectivity index (χ0v) is 16.4. The Bertz CT molecular complexity index is 896. The van der Waals surface area contributed by atoms with Crippen LogP contribution in [0.4, 0.5) is 4.39 Å². The van der Waals surface area contributed by atoms with Crippen LogP contribution in [0.15, 0.2) is 48.8 Å². The van der Waals surface area contributed by atoms with Crippen LogP contribution in [-0.4, -0.2) is 21.2 Å². The van der Waals surface area contributed by atoms with Crippen molar-refractivity contribution in [3.63, 3.8) is 0 Å². The summed E-state index contributed by atoms with van der Waals surface area (Å²) < 4.78 is 16.8. The Labute approximate surface area is 164 Å². The number of halogens is 2. The Balaban J connectivity index is 1.68. The van der Waals surface area contributed by atoms with Gasteiger partial charge in [-0.15, -0.1) is 23.1 Å². The molecular weight excluding hydrogens is 393 g/mol. The van der Waals surface area contributed by atoms with E-state index in [-0.39, 0.29) is 17.5 Å². The molecule has 0 radical (unpaired) electrons. The second-order valence-electron chi connectivity index (χ2n) is 5.62. The van der Waals surface area contributed by atoms with Gasteiger partial charge < -0.3 is 9.88 Å². The summed E-state index contributed by atoms with van der Waals surface area (Å²) >= 11 is 8.90. The highest BCUT2D eigenvalue weighted by Crippen LogP contribution is 2.26. The van der Waals surface area contributed by atoms with Crippen LogP contribution < -0.4 is 5.32 Å². The summed E-state index contributed by atoms with van der Waals surface area (Å²) in [6.45, 7) is 0. The zero-order chi connectivity index (χ0) is 18.5. The molecule has 2 heterocycles. The van der Waals surface area contributed by atoms with Gasteiger partial charge in [-0.3, -0.25) is 4.79 Å². The molecule has 0 fully saturated rings. The van der Waals surface area contributed by atoms with Crippen LogP contribution in [0.5, 0.6) is 0 Å². The molecule has 0 bridgehead atoms. The number of nitrogens with one attached hydrogen (secondary N) is 1. The predicted octanol–water partition coefficient (Wildman–Crippen LogP) is 4.41. The zero-order valence-electron chi connectivity index (χ0n) is 14.0. The van der Waals surface area contributed by atoms with Gasteiger partial charge in [0.15, 0.2) is 0 Å². The molecule has 136 valence electrons. The lowest BCUT2D eigenvalue weighted by atomic mass is 10.1. The summed E-state index contributed by atoms with van der Waals surface area (Å²) in [4.78, 5) is 17.8. The summed E-state index contributed by atoms with van der Waals surface area (Å²) in [6.07, 6.45) is 3.40. The van der Waals surface area contributed by atoms with Gasteiger partial charge in [-0.2, -0.15) is 0 Å². The molecule has 0 saturated heterocycles. The fraction of sp³-hybridized carbons (Fsp3) is 0.222. The number of imidazole rings is 1. The van der Waals surface area contributed by atoms with Crippen LogP contribution in [0.3, 0.4) is 0 Å². The first-order chi connectivity index (χ1) is 12.5. The van der Waals surface area contributed by atoms with Crippen molar-refractivity contribution in [3.8, 4) is 0 Å². The topological polar surface area (TPSA) is 46.9 Å². The summed E-state index contributed by atoms with van der Waals surface area (Å²) in [7, 11) is 1.82. The monoisotopic (exact) mass is 409 g/mol. The number of carbonyl (C=O) groups is 1. The fourth-order valence-electron chi connectivity index (χ4n) is 2.52. The van der Waals surface area contributed by atoms with Gasteiger partial charge in [-0.25, -0.2) is 9.37 Å². The maximum Gasteiger partial charge on any atom is 0.230 e. The number of nitrogens with zero attached hydrogens (tertiary/aromatic N) is 2. The Hall–Kier alpha value is -1.83. The van der Waals surface area contributed by atoms with E-state index in [1.807, 2.05) is 19.2 Å². The Morgan fingerprint density at radius 3 is 2.85 bits per heavy atom. The van der Waals surface area contributed by atoms with Gasteiger partial charge in [-0.1, -0.05) is 29.8 Å². The Morgan fingerprint density at radius 2 is 2.19 bits per heavy atom. The summed E-state index contributed by atoms with van der Waals surface area (Å²) in [6, 6.07) is 9.57. The van der Waals surface area contributed by atoms with Gasteiger partial charge in [0.2, 0.25) is 5.91 Å². The van der Waals surface area contributed by atoms with Gasteiger partial charge in [0.1, 0.15) is 17.7 Å². The molecule has 1 amide bonds. The SMILES string of the molecule is Cn1ccnc1[C@H](NC(=O)CSCc1ccc(Cl)s1)c1ccccc1F. The summed E-state index contributed by atoms with van der Waals surface area (Å²) in [5.41, 5.74) is 0.394. The van der Waals surface area contributed by atoms with Crippen molar-refractivity contribution in [2.24, 2.45) is 7.05 Å². The van der Waals surface area contributed by atoms with Crippen molar-refractivity contribution in [1.29, 1.82) is 0 Å². The molecule has 26 heavy (non-hydrogen) atoms. The number of amides is 1. The minimum Gasteiger partial charge on any atom is -0.341 e. The third-order valence-electron chi connectivity index (χ3n) is 3.74. The van der Waals surface area contributed by atoms with Crippen molar-refractivity contribution in [1.82, 2.24) is 14.9 Å². The summed E-state index contributed by atoms with van der Waals surface area (Å²) in [5.74, 6) is 1.01. The van der Waals surface area contributed by atoms with E-state index in [0.29, 0.717) is 17.1 Å². The molecule has 0 spiro atoms. The van der Waals surface area contributed by atoms with Crippen molar-refractivity contribution in [2.45, 2.75) is 11.8 Å². The first-order valence-electron chi connectivity index (χ1n) is 7.87. The average Bonchev–Trinajstić information content (AvgIpc) is 3.22. The van der Waals surface area contributed by atoms with Gasteiger partial charge in [0.25, 0.3) is 0 Å². The average molecular weight is 410 g/mol. The molecule has 0 aliphatic rings. The lowest BCUT2D eigenvalue weighted by molar-refractivity contribution is -0.119. The number of thiophene rings is 1. The second-order valence-corrected chi connectivity index (χ2v) is 8.40. The lowest BCUT2D eigenvalue weighted by Crippen LogP contribution is -2.32. The molecule has 1 aromatic carbocycles. The first-order valence-corrected chi connectivity index (χ1v) is 10.2. The molecule has 3 aromatic rings. The first kappa shape index (κ1) is 18.9. The van der Waals surface area contributed by atoms with Crippen molar-refractivity contribution < 1.29 is 9.18 Å². The van der Waals surface area contributed by atoms with E-state index in [9.17, 15) is 9.18 Å².